The molecule has 1 atom stereocenters. The highest BCUT2D eigenvalue weighted by Crippen LogP contribution is 2.34. The van der Waals surface area contributed by atoms with E-state index in [4.69, 9.17) is 9.47 Å². The number of methoxy groups -OCH3 is 1. The third-order valence-electron chi connectivity index (χ3n) is 4.44. The van der Waals surface area contributed by atoms with Gasteiger partial charge in [-0.2, -0.15) is 0 Å². The minimum absolute atomic E-state index is 0.310. The Hall–Kier alpha value is -3.00. The summed E-state index contributed by atoms with van der Waals surface area (Å²) in [5, 5.41) is 8.37. The van der Waals surface area contributed by atoms with E-state index in [1.54, 1.807) is 38.3 Å². The summed E-state index contributed by atoms with van der Waals surface area (Å²) in [5.74, 6) is 0.818. The van der Waals surface area contributed by atoms with Gasteiger partial charge in [-0.3, -0.25) is 4.79 Å². The van der Waals surface area contributed by atoms with Gasteiger partial charge < -0.3 is 25.4 Å². The monoisotopic (exact) mass is 459 g/mol. The first-order chi connectivity index (χ1) is 13.9. The van der Waals surface area contributed by atoms with Crippen LogP contribution in [0.3, 0.4) is 0 Å². The summed E-state index contributed by atoms with van der Waals surface area (Å²) in [6, 6.07) is 11.6. The van der Waals surface area contributed by atoms with Crippen LogP contribution in [0.1, 0.15) is 25.5 Å². The minimum Gasteiger partial charge on any atom is -0.493 e. The Balaban J connectivity index is 1.95. The van der Waals surface area contributed by atoms with E-state index in [2.05, 4.69) is 31.9 Å². The maximum atomic E-state index is 13.0. The molecule has 0 fully saturated rings. The molecule has 1 aliphatic heterocycles. The standard InChI is InChI=1S/C21H22BrN3O4/c1-4-29-16-10-5-13(11-17(16)28-3)19-18(12(2)23-21(27)25-19)20(26)24-15-8-6-14(22)7-9-15/h5-11,19H,4H2,1-3H3,(H,24,26)(H2,23,25,27). The first-order valence-electron chi connectivity index (χ1n) is 9.08. The summed E-state index contributed by atoms with van der Waals surface area (Å²) in [7, 11) is 1.55. The van der Waals surface area contributed by atoms with Gasteiger partial charge in [-0.25, -0.2) is 4.79 Å². The number of hydrogen-bond donors (Lipinski definition) is 3. The van der Waals surface area contributed by atoms with Gasteiger partial charge >= 0.3 is 6.03 Å². The molecule has 0 radical (unpaired) electrons. The molecule has 0 aromatic heterocycles. The SMILES string of the molecule is CCOc1ccc(C2NC(=O)NC(C)=C2C(=O)Nc2ccc(Br)cc2)cc1OC. The molecular formula is C21H22BrN3O4. The molecule has 0 spiro atoms. The molecule has 29 heavy (non-hydrogen) atoms. The number of carbonyl (C=O) groups is 2. The number of urea groups is 1. The molecule has 2 aromatic rings. The van der Waals surface area contributed by atoms with Crippen molar-refractivity contribution in [3.8, 4) is 11.5 Å². The van der Waals surface area contributed by atoms with E-state index in [9.17, 15) is 9.59 Å². The van der Waals surface area contributed by atoms with Gasteiger partial charge in [-0.1, -0.05) is 22.0 Å². The molecule has 2 aromatic carbocycles. The first-order valence-corrected chi connectivity index (χ1v) is 9.88. The number of anilines is 1. The van der Waals surface area contributed by atoms with E-state index in [0.717, 1.165) is 4.47 Å². The van der Waals surface area contributed by atoms with Crippen LogP contribution in [-0.2, 0) is 4.79 Å². The highest BCUT2D eigenvalue weighted by Gasteiger charge is 2.31. The number of hydrogen-bond acceptors (Lipinski definition) is 4. The quantitative estimate of drug-likeness (QED) is 0.605. The van der Waals surface area contributed by atoms with Gasteiger partial charge in [-0.15, -0.1) is 0 Å². The Labute approximate surface area is 177 Å². The molecule has 7 nitrogen and oxygen atoms in total. The normalized spacial score (nSPS) is 16.0. The average Bonchev–Trinajstić information content (AvgIpc) is 2.69. The van der Waals surface area contributed by atoms with Gasteiger partial charge in [0.1, 0.15) is 0 Å². The lowest BCUT2D eigenvalue weighted by Crippen LogP contribution is -2.45. The molecule has 8 heteroatoms. The largest absolute Gasteiger partial charge is 0.493 e. The lowest BCUT2D eigenvalue weighted by Gasteiger charge is -2.29. The Kier molecular flexibility index (Phi) is 6.43. The van der Waals surface area contributed by atoms with Crippen LogP contribution in [0.15, 0.2) is 58.2 Å². The predicted octanol–water partition coefficient (Wildman–Crippen LogP) is 4.12. The van der Waals surface area contributed by atoms with Crippen LogP contribution in [0.4, 0.5) is 10.5 Å². The zero-order valence-corrected chi connectivity index (χ0v) is 17.9. The molecule has 3 N–H and O–H groups in total. The Morgan fingerprint density at radius 2 is 1.90 bits per heavy atom. The highest BCUT2D eigenvalue weighted by atomic mass is 79.9. The maximum absolute atomic E-state index is 13.0. The second-order valence-electron chi connectivity index (χ2n) is 6.37. The van der Waals surface area contributed by atoms with Gasteiger partial charge in [0.2, 0.25) is 0 Å². The summed E-state index contributed by atoms with van der Waals surface area (Å²) in [6.07, 6.45) is 0. The molecule has 1 aliphatic rings. The second-order valence-corrected chi connectivity index (χ2v) is 7.29. The van der Waals surface area contributed by atoms with Crippen molar-refractivity contribution in [1.29, 1.82) is 0 Å². The van der Waals surface area contributed by atoms with Crippen LogP contribution in [0.2, 0.25) is 0 Å². The molecule has 1 heterocycles. The summed E-state index contributed by atoms with van der Waals surface area (Å²) in [5.41, 5.74) is 2.26. The van der Waals surface area contributed by atoms with E-state index in [1.165, 1.54) is 0 Å². The van der Waals surface area contributed by atoms with Crippen LogP contribution in [0, 0.1) is 0 Å². The van der Waals surface area contributed by atoms with Crippen LogP contribution in [-0.4, -0.2) is 25.7 Å². The van der Waals surface area contributed by atoms with Crippen molar-refractivity contribution in [2.75, 3.05) is 19.0 Å². The number of nitrogens with one attached hydrogen (secondary N) is 3. The van der Waals surface area contributed by atoms with Crippen molar-refractivity contribution >= 4 is 33.6 Å². The summed E-state index contributed by atoms with van der Waals surface area (Å²) in [4.78, 5) is 25.1. The van der Waals surface area contributed by atoms with Crippen LogP contribution in [0.5, 0.6) is 11.5 Å². The van der Waals surface area contributed by atoms with Gasteiger partial charge in [0, 0.05) is 15.9 Å². The number of allylic oxidation sites excluding steroid dienone is 1. The lowest BCUT2D eigenvalue weighted by atomic mass is 9.94. The van der Waals surface area contributed by atoms with E-state index >= 15 is 0 Å². The van der Waals surface area contributed by atoms with Crippen molar-refractivity contribution in [1.82, 2.24) is 10.6 Å². The molecular weight excluding hydrogens is 438 g/mol. The van der Waals surface area contributed by atoms with Crippen LogP contribution < -0.4 is 25.4 Å². The number of halogens is 1. The molecule has 152 valence electrons. The number of rotatable bonds is 6. The third kappa shape index (κ3) is 4.71. The molecule has 0 saturated heterocycles. The second kappa shape index (κ2) is 9.00. The van der Waals surface area contributed by atoms with Gasteiger partial charge in [0.05, 0.1) is 25.3 Å². The topological polar surface area (TPSA) is 88.7 Å². The van der Waals surface area contributed by atoms with E-state index in [-0.39, 0.29) is 11.9 Å². The van der Waals surface area contributed by atoms with Gasteiger partial charge in [0.25, 0.3) is 5.91 Å². The zero-order valence-electron chi connectivity index (χ0n) is 16.3. The molecule has 0 bridgehead atoms. The molecule has 3 amide bonds. The van der Waals surface area contributed by atoms with Crippen molar-refractivity contribution in [3.63, 3.8) is 0 Å². The van der Waals surface area contributed by atoms with E-state index < -0.39 is 6.04 Å². The van der Waals surface area contributed by atoms with E-state index in [1.807, 2.05) is 25.1 Å². The predicted molar refractivity (Wildman–Crippen MR) is 114 cm³/mol. The Morgan fingerprint density at radius 3 is 2.55 bits per heavy atom. The van der Waals surface area contributed by atoms with Crippen LogP contribution >= 0.6 is 15.9 Å². The fourth-order valence-electron chi connectivity index (χ4n) is 3.12. The summed E-state index contributed by atoms with van der Waals surface area (Å²) < 4.78 is 11.9. The zero-order chi connectivity index (χ0) is 21.0. The number of amides is 3. The number of ether oxygens (including phenoxy) is 2. The third-order valence-corrected chi connectivity index (χ3v) is 4.97. The van der Waals surface area contributed by atoms with Crippen molar-refractivity contribution in [2.24, 2.45) is 0 Å². The Bertz CT molecular complexity index is 957. The molecule has 0 aliphatic carbocycles. The molecule has 0 saturated carbocycles. The van der Waals surface area contributed by atoms with Gasteiger partial charge in [-0.05, 0) is 55.8 Å². The molecule has 1 unspecified atom stereocenters. The van der Waals surface area contributed by atoms with Crippen molar-refractivity contribution < 1.29 is 19.1 Å². The smallest absolute Gasteiger partial charge is 0.319 e. The van der Waals surface area contributed by atoms with E-state index in [0.29, 0.717) is 40.6 Å². The number of carbonyl (C=O) groups excluding carboxylic acids is 2. The minimum atomic E-state index is -0.635. The van der Waals surface area contributed by atoms with Gasteiger partial charge in [0.15, 0.2) is 11.5 Å². The molecule has 3 rings (SSSR count). The first kappa shape index (κ1) is 20.7. The summed E-state index contributed by atoms with van der Waals surface area (Å²) >= 11 is 3.37. The van der Waals surface area contributed by atoms with Crippen molar-refractivity contribution in [2.45, 2.75) is 19.9 Å². The van der Waals surface area contributed by atoms with Crippen molar-refractivity contribution in [3.05, 3.63) is 63.8 Å². The number of benzene rings is 2. The lowest BCUT2D eigenvalue weighted by molar-refractivity contribution is -0.113. The average molecular weight is 460 g/mol. The fraction of sp³-hybridized carbons (Fsp3) is 0.238. The maximum Gasteiger partial charge on any atom is 0.319 e. The fourth-order valence-corrected chi connectivity index (χ4v) is 3.38. The highest BCUT2D eigenvalue weighted by molar-refractivity contribution is 9.10. The van der Waals surface area contributed by atoms with Crippen LogP contribution in [0.25, 0.3) is 0 Å². The summed E-state index contributed by atoms with van der Waals surface area (Å²) in [6.45, 7) is 4.09. The Morgan fingerprint density at radius 1 is 1.17 bits per heavy atom.